The van der Waals surface area contributed by atoms with Crippen molar-refractivity contribution in [2.45, 2.75) is 25.9 Å². The molecule has 1 aromatic carbocycles. The molecule has 0 bridgehead atoms. The van der Waals surface area contributed by atoms with Crippen molar-refractivity contribution in [3.05, 3.63) is 35.4 Å². The van der Waals surface area contributed by atoms with Gasteiger partial charge in [0, 0.05) is 6.42 Å². The molecule has 0 unspecified atom stereocenters. The van der Waals surface area contributed by atoms with Gasteiger partial charge in [-0.2, -0.15) is 5.26 Å². The lowest BCUT2D eigenvalue weighted by molar-refractivity contribution is 0.0810. The van der Waals surface area contributed by atoms with E-state index in [0.717, 1.165) is 5.56 Å². The molecule has 1 N–H and O–H groups in total. The van der Waals surface area contributed by atoms with Gasteiger partial charge < -0.3 is 5.11 Å². The summed E-state index contributed by atoms with van der Waals surface area (Å²) in [7, 11) is 0. The van der Waals surface area contributed by atoms with E-state index in [4.69, 9.17) is 5.26 Å². The van der Waals surface area contributed by atoms with Crippen molar-refractivity contribution in [1.82, 2.24) is 0 Å². The Kier molecular flexibility index (Phi) is 2.69. The molecule has 1 rings (SSSR count). The van der Waals surface area contributed by atoms with Crippen LogP contribution in [0.5, 0.6) is 0 Å². The molecule has 0 aliphatic carbocycles. The zero-order valence-corrected chi connectivity index (χ0v) is 7.91. The number of hydrogen-bond donors (Lipinski definition) is 1. The smallest absolute Gasteiger partial charge is 0.0991 e. The van der Waals surface area contributed by atoms with E-state index in [0.29, 0.717) is 12.0 Å². The average molecular weight is 175 g/mol. The molecule has 0 aromatic heterocycles. The summed E-state index contributed by atoms with van der Waals surface area (Å²) in [4.78, 5) is 0. The fraction of sp³-hybridized carbons (Fsp3) is 0.364. The van der Waals surface area contributed by atoms with E-state index < -0.39 is 5.60 Å². The maximum Gasteiger partial charge on any atom is 0.0991 e. The third-order valence-corrected chi connectivity index (χ3v) is 1.72. The van der Waals surface area contributed by atoms with Gasteiger partial charge in [-0.25, -0.2) is 0 Å². The summed E-state index contributed by atoms with van der Waals surface area (Å²) in [5.74, 6) is 0. The van der Waals surface area contributed by atoms with Crippen molar-refractivity contribution in [3.63, 3.8) is 0 Å². The molecule has 2 heteroatoms. The lowest BCUT2D eigenvalue weighted by atomic mass is 9.98. The third kappa shape index (κ3) is 3.27. The van der Waals surface area contributed by atoms with Crippen LogP contribution in [0.4, 0.5) is 0 Å². The van der Waals surface area contributed by atoms with Crippen LogP contribution in [-0.4, -0.2) is 10.7 Å². The van der Waals surface area contributed by atoms with Gasteiger partial charge >= 0.3 is 0 Å². The van der Waals surface area contributed by atoms with E-state index in [1.165, 1.54) is 0 Å². The fourth-order valence-corrected chi connectivity index (χ4v) is 1.20. The summed E-state index contributed by atoms with van der Waals surface area (Å²) in [6.07, 6.45) is 0.610. The molecular formula is C11H13NO. The average Bonchev–Trinajstić information content (AvgIpc) is 2.03. The Morgan fingerprint density at radius 1 is 1.31 bits per heavy atom. The zero-order valence-electron chi connectivity index (χ0n) is 7.91. The highest BCUT2D eigenvalue weighted by atomic mass is 16.3. The van der Waals surface area contributed by atoms with E-state index >= 15 is 0 Å². The third-order valence-electron chi connectivity index (χ3n) is 1.72. The second kappa shape index (κ2) is 3.59. The van der Waals surface area contributed by atoms with Gasteiger partial charge in [0.25, 0.3) is 0 Å². The van der Waals surface area contributed by atoms with Crippen LogP contribution in [0.15, 0.2) is 24.3 Å². The van der Waals surface area contributed by atoms with Gasteiger partial charge in [0.15, 0.2) is 0 Å². The number of nitriles is 1. The Labute approximate surface area is 78.4 Å². The first-order valence-electron chi connectivity index (χ1n) is 4.23. The minimum atomic E-state index is -0.686. The summed E-state index contributed by atoms with van der Waals surface area (Å²) in [5, 5.41) is 18.1. The first-order chi connectivity index (χ1) is 6.01. The van der Waals surface area contributed by atoms with E-state index in [2.05, 4.69) is 6.07 Å². The summed E-state index contributed by atoms with van der Waals surface area (Å²) in [6.45, 7) is 3.54. The first kappa shape index (κ1) is 9.76. The molecule has 68 valence electrons. The summed E-state index contributed by atoms with van der Waals surface area (Å²) in [6, 6.07) is 9.33. The normalized spacial score (nSPS) is 10.9. The largest absolute Gasteiger partial charge is 0.390 e. The van der Waals surface area contributed by atoms with Crippen molar-refractivity contribution in [3.8, 4) is 6.07 Å². The molecule has 0 radical (unpaired) electrons. The number of benzene rings is 1. The molecule has 0 heterocycles. The molecule has 0 fully saturated rings. The summed E-state index contributed by atoms with van der Waals surface area (Å²) in [5.41, 5.74) is 1.01. The van der Waals surface area contributed by atoms with E-state index in [-0.39, 0.29) is 0 Å². The van der Waals surface area contributed by atoms with Crippen LogP contribution in [0.25, 0.3) is 0 Å². The highest BCUT2D eigenvalue weighted by molar-refractivity contribution is 5.31. The van der Waals surface area contributed by atoms with Crippen LogP contribution in [0.3, 0.4) is 0 Å². The minimum absolute atomic E-state index is 0.610. The standard InChI is InChI=1S/C11H13NO/c1-11(2,13)7-9-3-5-10(8-12)6-4-9/h3-6,13H,7H2,1-2H3. The van der Waals surface area contributed by atoms with Crippen molar-refractivity contribution < 1.29 is 5.11 Å². The second-order valence-electron chi connectivity index (χ2n) is 3.80. The number of aliphatic hydroxyl groups is 1. The number of rotatable bonds is 2. The van der Waals surface area contributed by atoms with Crippen LogP contribution >= 0.6 is 0 Å². The Morgan fingerprint density at radius 2 is 1.85 bits per heavy atom. The SMILES string of the molecule is CC(C)(O)Cc1ccc(C#N)cc1. The quantitative estimate of drug-likeness (QED) is 0.745. The van der Waals surface area contributed by atoms with Gasteiger partial charge in [0.05, 0.1) is 17.2 Å². The van der Waals surface area contributed by atoms with Crippen molar-refractivity contribution in [2.75, 3.05) is 0 Å². The molecular weight excluding hydrogens is 162 g/mol. The van der Waals surface area contributed by atoms with Crippen molar-refractivity contribution >= 4 is 0 Å². The minimum Gasteiger partial charge on any atom is -0.390 e. The Morgan fingerprint density at radius 3 is 2.23 bits per heavy atom. The molecule has 0 atom stereocenters. The van der Waals surface area contributed by atoms with Crippen LogP contribution in [-0.2, 0) is 6.42 Å². The second-order valence-corrected chi connectivity index (χ2v) is 3.80. The summed E-state index contributed by atoms with van der Waals surface area (Å²) >= 11 is 0. The molecule has 1 aromatic rings. The Bertz CT molecular complexity index is 313. The van der Waals surface area contributed by atoms with Crippen LogP contribution in [0, 0.1) is 11.3 Å². The molecule has 0 saturated heterocycles. The lowest BCUT2D eigenvalue weighted by Crippen LogP contribution is -2.21. The molecule has 0 aliphatic heterocycles. The zero-order chi connectivity index (χ0) is 9.90. The summed E-state index contributed by atoms with van der Waals surface area (Å²) < 4.78 is 0. The van der Waals surface area contributed by atoms with Gasteiger partial charge in [0.2, 0.25) is 0 Å². The van der Waals surface area contributed by atoms with Gasteiger partial charge in [-0.3, -0.25) is 0 Å². The van der Waals surface area contributed by atoms with E-state index in [1.54, 1.807) is 26.0 Å². The fourth-order valence-electron chi connectivity index (χ4n) is 1.20. The van der Waals surface area contributed by atoms with Crippen molar-refractivity contribution in [2.24, 2.45) is 0 Å². The van der Waals surface area contributed by atoms with Crippen LogP contribution in [0.2, 0.25) is 0 Å². The molecule has 13 heavy (non-hydrogen) atoms. The van der Waals surface area contributed by atoms with Gasteiger partial charge in [0.1, 0.15) is 0 Å². The highest BCUT2D eigenvalue weighted by Crippen LogP contribution is 2.12. The Balaban J connectivity index is 2.77. The molecule has 0 saturated carbocycles. The van der Waals surface area contributed by atoms with Crippen molar-refractivity contribution in [1.29, 1.82) is 5.26 Å². The van der Waals surface area contributed by atoms with Crippen LogP contribution < -0.4 is 0 Å². The van der Waals surface area contributed by atoms with E-state index in [9.17, 15) is 5.11 Å². The topological polar surface area (TPSA) is 44.0 Å². The first-order valence-corrected chi connectivity index (χ1v) is 4.23. The number of nitrogens with zero attached hydrogens (tertiary/aromatic N) is 1. The van der Waals surface area contributed by atoms with Crippen LogP contribution in [0.1, 0.15) is 25.0 Å². The number of hydrogen-bond acceptors (Lipinski definition) is 2. The predicted molar refractivity (Wildman–Crippen MR) is 51.2 cm³/mol. The predicted octanol–water partition coefficient (Wildman–Crippen LogP) is 1.87. The maximum atomic E-state index is 9.53. The molecule has 0 aliphatic rings. The Hall–Kier alpha value is -1.33. The molecule has 0 spiro atoms. The van der Waals surface area contributed by atoms with Gasteiger partial charge in [-0.15, -0.1) is 0 Å². The molecule has 2 nitrogen and oxygen atoms in total. The lowest BCUT2D eigenvalue weighted by Gasteiger charge is -2.16. The molecule has 0 amide bonds. The monoisotopic (exact) mass is 175 g/mol. The van der Waals surface area contributed by atoms with Gasteiger partial charge in [-0.05, 0) is 31.5 Å². The highest BCUT2D eigenvalue weighted by Gasteiger charge is 2.12. The van der Waals surface area contributed by atoms with E-state index in [1.807, 2.05) is 12.1 Å². The maximum absolute atomic E-state index is 9.53. The van der Waals surface area contributed by atoms with Gasteiger partial charge in [-0.1, -0.05) is 12.1 Å².